The lowest BCUT2D eigenvalue weighted by molar-refractivity contribution is 0.686. The van der Waals surface area contributed by atoms with Gasteiger partial charge in [0.05, 0.1) is 16.7 Å². The van der Waals surface area contributed by atoms with Crippen molar-refractivity contribution in [1.29, 1.82) is 0 Å². The van der Waals surface area contributed by atoms with Crippen LogP contribution in [0.1, 0.15) is 41.0 Å². The first kappa shape index (κ1) is 22.2. The van der Waals surface area contributed by atoms with Crippen LogP contribution in [0.15, 0.2) is 29.3 Å². The van der Waals surface area contributed by atoms with Gasteiger partial charge in [-0.2, -0.15) is 0 Å². The highest BCUT2D eigenvalue weighted by molar-refractivity contribution is 14.0. The third-order valence-electron chi connectivity index (χ3n) is 3.68. The van der Waals surface area contributed by atoms with Crippen molar-refractivity contribution < 1.29 is 0 Å². The Bertz CT molecular complexity index is 685. The lowest BCUT2D eigenvalue weighted by Gasteiger charge is -2.18. The Labute approximate surface area is 176 Å². The van der Waals surface area contributed by atoms with Crippen molar-refractivity contribution in [2.75, 3.05) is 13.1 Å². The van der Waals surface area contributed by atoms with E-state index in [0.29, 0.717) is 0 Å². The predicted molar refractivity (Wildman–Crippen MR) is 120 cm³/mol. The molecule has 0 bridgehead atoms. The first-order chi connectivity index (χ1) is 11.5. The second-order valence-electron chi connectivity index (χ2n) is 5.67. The summed E-state index contributed by atoms with van der Waals surface area (Å²) < 4.78 is 0. The number of hydrogen-bond acceptors (Lipinski definition) is 3. The lowest BCUT2D eigenvalue weighted by Crippen LogP contribution is -2.38. The Hall–Kier alpha value is -0.860. The molecule has 1 unspecified atom stereocenters. The van der Waals surface area contributed by atoms with Crippen LogP contribution in [-0.2, 0) is 6.42 Å². The molecular weight excluding hydrogens is 467 g/mol. The van der Waals surface area contributed by atoms with E-state index in [4.69, 9.17) is 11.6 Å². The number of thiazole rings is 1. The molecule has 0 amide bonds. The molecule has 2 N–H and O–H groups in total. The van der Waals surface area contributed by atoms with Crippen LogP contribution in [0.4, 0.5) is 0 Å². The number of nitrogens with zero attached hydrogens (tertiary/aromatic N) is 2. The summed E-state index contributed by atoms with van der Waals surface area (Å²) in [6, 6.07) is 8.05. The molecule has 1 aromatic heterocycles. The van der Waals surface area contributed by atoms with Crippen molar-refractivity contribution in [1.82, 2.24) is 15.6 Å². The zero-order valence-corrected chi connectivity index (χ0v) is 19.0. The van der Waals surface area contributed by atoms with E-state index in [-0.39, 0.29) is 30.0 Å². The first-order valence-corrected chi connectivity index (χ1v) is 9.42. The first-order valence-electron chi connectivity index (χ1n) is 8.22. The number of hydrogen-bond donors (Lipinski definition) is 2. The molecule has 0 radical (unpaired) electrons. The van der Waals surface area contributed by atoms with Gasteiger partial charge in [-0.25, -0.2) is 4.98 Å². The third kappa shape index (κ3) is 7.11. The molecule has 0 fully saturated rings. The fourth-order valence-electron chi connectivity index (χ4n) is 2.43. The van der Waals surface area contributed by atoms with E-state index in [9.17, 15) is 0 Å². The van der Waals surface area contributed by atoms with Crippen molar-refractivity contribution in [2.45, 2.75) is 40.2 Å². The van der Waals surface area contributed by atoms with Gasteiger partial charge in [0.15, 0.2) is 5.96 Å². The number of aryl methyl sites for hydroxylation is 2. The van der Waals surface area contributed by atoms with Gasteiger partial charge in [-0.3, -0.25) is 4.99 Å². The number of guanidine groups is 1. The summed E-state index contributed by atoms with van der Waals surface area (Å²) in [5, 5.41) is 8.61. The maximum atomic E-state index is 5.95. The Morgan fingerprint density at radius 1 is 1.28 bits per heavy atom. The van der Waals surface area contributed by atoms with E-state index in [1.165, 1.54) is 10.4 Å². The summed E-state index contributed by atoms with van der Waals surface area (Å²) in [6.07, 6.45) is 0.920. The van der Waals surface area contributed by atoms with Gasteiger partial charge < -0.3 is 10.6 Å². The molecule has 0 aliphatic carbocycles. The molecular formula is C18H26ClIN4S. The molecule has 0 aliphatic heterocycles. The molecule has 0 aliphatic rings. The van der Waals surface area contributed by atoms with Crippen molar-refractivity contribution in [3.8, 4) is 0 Å². The Kier molecular flexibility index (Phi) is 9.74. The Morgan fingerprint density at radius 2 is 1.96 bits per heavy atom. The van der Waals surface area contributed by atoms with Gasteiger partial charge in [0.25, 0.3) is 0 Å². The van der Waals surface area contributed by atoms with E-state index in [2.05, 4.69) is 41.4 Å². The number of nitrogens with one attached hydrogen (secondary N) is 2. The second-order valence-corrected chi connectivity index (χ2v) is 7.39. The third-order valence-corrected chi connectivity index (χ3v) is 5.06. The van der Waals surface area contributed by atoms with Gasteiger partial charge in [0.2, 0.25) is 0 Å². The van der Waals surface area contributed by atoms with Gasteiger partial charge in [-0.05, 0) is 45.4 Å². The number of halogens is 2. The summed E-state index contributed by atoms with van der Waals surface area (Å²) >= 11 is 7.71. The molecule has 2 aromatic rings. The van der Waals surface area contributed by atoms with Crippen molar-refractivity contribution in [3.05, 3.63) is 50.4 Å². The van der Waals surface area contributed by atoms with Crippen LogP contribution in [-0.4, -0.2) is 24.0 Å². The second kappa shape index (κ2) is 11.0. The fourth-order valence-corrected chi connectivity index (χ4v) is 3.49. The standard InChI is InChI=1S/C18H25ClN4S.HI/c1-5-20-18(21-11-10-17-13(3)22-14(4)24-17)23-12(2)15-6-8-16(19)9-7-15;/h6-9,12H,5,10-11H2,1-4H3,(H2,20,21,23);1H. The molecule has 138 valence electrons. The smallest absolute Gasteiger partial charge is 0.191 e. The van der Waals surface area contributed by atoms with Gasteiger partial charge in [-0.1, -0.05) is 23.7 Å². The summed E-state index contributed by atoms with van der Waals surface area (Å²) in [5.74, 6) is 0.832. The molecule has 25 heavy (non-hydrogen) atoms. The van der Waals surface area contributed by atoms with Crippen LogP contribution in [0.25, 0.3) is 0 Å². The maximum Gasteiger partial charge on any atom is 0.191 e. The monoisotopic (exact) mass is 492 g/mol. The van der Waals surface area contributed by atoms with Crippen LogP contribution < -0.4 is 10.6 Å². The number of aliphatic imine (C=N–C) groups is 1. The molecule has 0 saturated carbocycles. The number of benzene rings is 1. The molecule has 0 saturated heterocycles. The zero-order valence-electron chi connectivity index (χ0n) is 15.1. The predicted octanol–water partition coefficient (Wildman–Crippen LogP) is 4.89. The van der Waals surface area contributed by atoms with E-state index in [1.807, 2.05) is 31.2 Å². The van der Waals surface area contributed by atoms with E-state index in [0.717, 1.165) is 41.2 Å². The van der Waals surface area contributed by atoms with Gasteiger partial charge in [0.1, 0.15) is 0 Å². The van der Waals surface area contributed by atoms with Crippen LogP contribution >= 0.6 is 46.9 Å². The van der Waals surface area contributed by atoms with Crippen LogP contribution in [0.5, 0.6) is 0 Å². The SMILES string of the molecule is CCNC(=NCCc1sc(C)nc1C)NC(C)c1ccc(Cl)cc1.I. The average Bonchev–Trinajstić information content (AvgIpc) is 2.86. The van der Waals surface area contributed by atoms with Crippen LogP contribution in [0, 0.1) is 13.8 Å². The molecule has 7 heteroatoms. The largest absolute Gasteiger partial charge is 0.357 e. The minimum Gasteiger partial charge on any atom is -0.357 e. The quantitative estimate of drug-likeness (QED) is 0.343. The average molecular weight is 493 g/mol. The van der Waals surface area contributed by atoms with Gasteiger partial charge in [-0.15, -0.1) is 35.3 Å². The minimum absolute atomic E-state index is 0. The number of aromatic nitrogens is 1. The van der Waals surface area contributed by atoms with E-state index >= 15 is 0 Å². The molecule has 0 spiro atoms. The molecule has 4 nitrogen and oxygen atoms in total. The highest BCUT2D eigenvalue weighted by atomic mass is 127. The normalized spacial score (nSPS) is 12.4. The fraction of sp³-hybridized carbons (Fsp3) is 0.444. The van der Waals surface area contributed by atoms with Crippen molar-refractivity contribution in [3.63, 3.8) is 0 Å². The summed E-state index contributed by atoms with van der Waals surface area (Å²) in [5.41, 5.74) is 2.30. The summed E-state index contributed by atoms with van der Waals surface area (Å²) in [7, 11) is 0. The van der Waals surface area contributed by atoms with Gasteiger partial charge >= 0.3 is 0 Å². The number of rotatable bonds is 6. The Morgan fingerprint density at radius 3 is 2.52 bits per heavy atom. The topological polar surface area (TPSA) is 49.3 Å². The summed E-state index contributed by atoms with van der Waals surface area (Å²) in [4.78, 5) is 10.5. The van der Waals surface area contributed by atoms with Crippen molar-refractivity contribution in [2.24, 2.45) is 4.99 Å². The van der Waals surface area contributed by atoms with Gasteiger partial charge in [0, 0.05) is 29.4 Å². The Balaban J connectivity index is 0.00000312. The molecule has 1 heterocycles. The minimum atomic E-state index is 0. The molecule has 1 atom stereocenters. The highest BCUT2D eigenvalue weighted by Gasteiger charge is 2.08. The zero-order chi connectivity index (χ0) is 17.5. The highest BCUT2D eigenvalue weighted by Crippen LogP contribution is 2.18. The molecule has 1 aromatic carbocycles. The van der Waals surface area contributed by atoms with Crippen LogP contribution in [0.3, 0.4) is 0 Å². The lowest BCUT2D eigenvalue weighted by atomic mass is 10.1. The maximum absolute atomic E-state index is 5.95. The van der Waals surface area contributed by atoms with E-state index < -0.39 is 0 Å². The molecule has 2 rings (SSSR count). The van der Waals surface area contributed by atoms with Crippen molar-refractivity contribution >= 4 is 52.9 Å². The van der Waals surface area contributed by atoms with Crippen LogP contribution in [0.2, 0.25) is 5.02 Å². The van der Waals surface area contributed by atoms with E-state index in [1.54, 1.807) is 11.3 Å². The summed E-state index contributed by atoms with van der Waals surface area (Å²) in [6.45, 7) is 9.87.